The van der Waals surface area contributed by atoms with Crippen molar-refractivity contribution in [2.24, 2.45) is 5.41 Å². The Kier molecular flexibility index (Phi) is 7.02. The van der Waals surface area contributed by atoms with E-state index >= 15 is 0 Å². The first kappa shape index (κ1) is 21.9. The number of rotatable bonds is 14. The van der Waals surface area contributed by atoms with Crippen molar-refractivity contribution in [1.82, 2.24) is 0 Å². The smallest absolute Gasteiger partial charge is 0.309 e. The molecule has 2 fully saturated rings. The van der Waals surface area contributed by atoms with Crippen molar-refractivity contribution in [3.8, 4) is 0 Å². The number of benzene rings is 1. The highest BCUT2D eigenvalue weighted by atomic mass is 16.5. The molecule has 4 heteroatoms. The molecular formula is C25H36O4. The van der Waals surface area contributed by atoms with E-state index in [0.717, 1.165) is 83.5 Å². The standard InChI is InChI=1S/C25H36O4/c1-19-16-21(8-4-3-6-10-24(12-13-24)23(27)28)17-22(20(19)2)9-5-7-11-25(14-15-25)29-18-26/h16-18H,3-15H2,1-2H3,(H,27,28). The van der Waals surface area contributed by atoms with Gasteiger partial charge < -0.3 is 9.84 Å². The monoisotopic (exact) mass is 400 g/mol. The summed E-state index contributed by atoms with van der Waals surface area (Å²) in [7, 11) is 0. The molecule has 0 aromatic heterocycles. The molecule has 2 aliphatic rings. The number of ether oxygens (including phenoxy) is 1. The number of hydrogen-bond donors (Lipinski definition) is 1. The van der Waals surface area contributed by atoms with E-state index in [1.54, 1.807) is 0 Å². The predicted molar refractivity (Wildman–Crippen MR) is 114 cm³/mol. The van der Waals surface area contributed by atoms with E-state index < -0.39 is 5.97 Å². The Bertz CT molecular complexity index is 729. The van der Waals surface area contributed by atoms with Gasteiger partial charge in [0.1, 0.15) is 5.60 Å². The molecule has 29 heavy (non-hydrogen) atoms. The van der Waals surface area contributed by atoms with Gasteiger partial charge in [-0.25, -0.2) is 0 Å². The molecule has 2 aliphatic carbocycles. The van der Waals surface area contributed by atoms with Crippen LogP contribution in [0.15, 0.2) is 12.1 Å². The molecule has 2 saturated carbocycles. The molecule has 1 N–H and O–H groups in total. The summed E-state index contributed by atoms with van der Waals surface area (Å²) in [4.78, 5) is 21.8. The summed E-state index contributed by atoms with van der Waals surface area (Å²) in [5.41, 5.74) is 5.12. The molecule has 0 bridgehead atoms. The van der Waals surface area contributed by atoms with Crippen LogP contribution in [0.4, 0.5) is 0 Å². The maximum absolute atomic E-state index is 11.3. The average molecular weight is 401 g/mol. The Balaban J connectivity index is 1.41. The van der Waals surface area contributed by atoms with E-state index in [9.17, 15) is 14.7 Å². The lowest BCUT2D eigenvalue weighted by Gasteiger charge is -2.15. The second-order valence-electron chi connectivity index (χ2n) is 9.45. The molecule has 0 spiro atoms. The molecule has 0 amide bonds. The number of carbonyl (C=O) groups is 2. The van der Waals surface area contributed by atoms with Gasteiger partial charge in [-0.15, -0.1) is 0 Å². The van der Waals surface area contributed by atoms with Crippen molar-refractivity contribution < 1.29 is 19.4 Å². The maximum atomic E-state index is 11.3. The van der Waals surface area contributed by atoms with Gasteiger partial charge in [-0.05, 0) is 107 Å². The van der Waals surface area contributed by atoms with Crippen molar-refractivity contribution in [1.29, 1.82) is 0 Å². The van der Waals surface area contributed by atoms with Gasteiger partial charge in [-0.1, -0.05) is 25.0 Å². The first-order valence-corrected chi connectivity index (χ1v) is 11.3. The van der Waals surface area contributed by atoms with Gasteiger partial charge in [0.05, 0.1) is 5.41 Å². The number of unbranched alkanes of at least 4 members (excludes halogenated alkanes) is 3. The summed E-state index contributed by atoms with van der Waals surface area (Å²) in [6.07, 6.45) is 13.2. The summed E-state index contributed by atoms with van der Waals surface area (Å²) >= 11 is 0. The first-order chi connectivity index (χ1) is 13.9. The van der Waals surface area contributed by atoms with E-state index in [2.05, 4.69) is 26.0 Å². The number of aliphatic carboxylic acids is 1. The fraction of sp³-hybridized carbons (Fsp3) is 0.680. The Morgan fingerprint density at radius 1 is 1.00 bits per heavy atom. The van der Waals surface area contributed by atoms with Crippen LogP contribution in [0.5, 0.6) is 0 Å². The van der Waals surface area contributed by atoms with Gasteiger partial charge in [0.25, 0.3) is 6.47 Å². The maximum Gasteiger partial charge on any atom is 0.309 e. The van der Waals surface area contributed by atoms with Crippen molar-refractivity contribution in [3.63, 3.8) is 0 Å². The molecule has 1 aromatic rings. The fourth-order valence-corrected chi connectivity index (χ4v) is 4.54. The largest absolute Gasteiger partial charge is 0.481 e. The summed E-state index contributed by atoms with van der Waals surface area (Å²) in [6, 6.07) is 4.69. The van der Waals surface area contributed by atoms with Crippen molar-refractivity contribution in [3.05, 3.63) is 34.4 Å². The van der Waals surface area contributed by atoms with Crippen molar-refractivity contribution in [2.45, 2.75) is 103 Å². The van der Waals surface area contributed by atoms with Gasteiger partial charge in [-0.3, -0.25) is 9.59 Å². The van der Waals surface area contributed by atoms with Gasteiger partial charge in [0, 0.05) is 0 Å². The van der Waals surface area contributed by atoms with Crippen LogP contribution in [0.25, 0.3) is 0 Å². The van der Waals surface area contributed by atoms with E-state index in [1.807, 2.05) is 0 Å². The molecule has 0 radical (unpaired) electrons. The van der Waals surface area contributed by atoms with E-state index in [-0.39, 0.29) is 11.0 Å². The Morgan fingerprint density at radius 3 is 2.31 bits per heavy atom. The zero-order valence-electron chi connectivity index (χ0n) is 18.1. The van der Waals surface area contributed by atoms with Crippen LogP contribution in [-0.4, -0.2) is 23.1 Å². The van der Waals surface area contributed by atoms with Crippen LogP contribution >= 0.6 is 0 Å². The molecule has 0 atom stereocenters. The second-order valence-corrected chi connectivity index (χ2v) is 9.45. The Hall–Kier alpha value is -1.84. The Morgan fingerprint density at radius 2 is 1.69 bits per heavy atom. The summed E-state index contributed by atoms with van der Waals surface area (Å²) in [5.74, 6) is -0.596. The van der Waals surface area contributed by atoms with Gasteiger partial charge >= 0.3 is 5.97 Å². The Labute approximate surface area is 175 Å². The van der Waals surface area contributed by atoms with Crippen molar-refractivity contribution >= 4 is 12.4 Å². The summed E-state index contributed by atoms with van der Waals surface area (Å²) in [5, 5.41) is 9.27. The molecular weight excluding hydrogens is 364 g/mol. The molecule has 3 rings (SSSR count). The normalized spacial score (nSPS) is 18.3. The minimum atomic E-state index is -0.596. The lowest BCUT2D eigenvalue weighted by atomic mass is 9.92. The van der Waals surface area contributed by atoms with Crippen LogP contribution in [-0.2, 0) is 27.2 Å². The minimum Gasteiger partial charge on any atom is -0.481 e. The molecule has 4 nitrogen and oxygen atoms in total. The number of carboxylic acid groups (broad SMARTS) is 1. The quantitative estimate of drug-likeness (QED) is 0.322. The van der Waals surface area contributed by atoms with Crippen LogP contribution in [0, 0.1) is 19.3 Å². The summed E-state index contributed by atoms with van der Waals surface area (Å²) in [6.45, 7) is 5.02. The van der Waals surface area contributed by atoms with E-state index in [0.29, 0.717) is 6.47 Å². The number of carbonyl (C=O) groups excluding carboxylic acids is 1. The second kappa shape index (κ2) is 9.32. The third-order valence-electron chi connectivity index (χ3n) is 7.20. The highest BCUT2D eigenvalue weighted by Gasteiger charge is 2.49. The third kappa shape index (κ3) is 5.83. The van der Waals surface area contributed by atoms with Crippen LogP contribution < -0.4 is 0 Å². The number of aryl methyl sites for hydroxylation is 3. The molecule has 0 heterocycles. The zero-order valence-corrected chi connectivity index (χ0v) is 18.1. The first-order valence-electron chi connectivity index (χ1n) is 11.3. The van der Waals surface area contributed by atoms with Crippen molar-refractivity contribution in [2.75, 3.05) is 0 Å². The lowest BCUT2D eigenvalue weighted by molar-refractivity contribution is -0.143. The van der Waals surface area contributed by atoms with E-state index in [1.165, 1.54) is 22.3 Å². The molecule has 0 aliphatic heterocycles. The van der Waals surface area contributed by atoms with Gasteiger partial charge in [0.2, 0.25) is 0 Å². The summed E-state index contributed by atoms with van der Waals surface area (Å²) < 4.78 is 5.24. The van der Waals surface area contributed by atoms with Crippen LogP contribution in [0.1, 0.15) is 92.9 Å². The lowest BCUT2D eigenvalue weighted by Crippen LogP contribution is -2.14. The molecule has 160 valence electrons. The third-order valence-corrected chi connectivity index (χ3v) is 7.20. The average Bonchev–Trinajstić information content (AvgIpc) is 3.59. The highest BCUT2D eigenvalue weighted by Crippen LogP contribution is 2.50. The van der Waals surface area contributed by atoms with Gasteiger partial charge in [-0.2, -0.15) is 0 Å². The molecule has 0 unspecified atom stereocenters. The van der Waals surface area contributed by atoms with Crippen LogP contribution in [0.2, 0.25) is 0 Å². The SMILES string of the molecule is Cc1cc(CCCCCC2(C(=O)O)CC2)cc(CCCCC2(OC=O)CC2)c1C. The zero-order chi connectivity index (χ0) is 20.9. The fourth-order valence-electron chi connectivity index (χ4n) is 4.54. The predicted octanol–water partition coefficient (Wildman–Crippen LogP) is 5.69. The van der Waals surface area contributed by atoms with Gasteiger partial charge in [0.15, 0.2) is 0 Å². The van der Waals surface area contributed by atoms with E-state index in [4.69, 9.17) is 4.74 Å². The van der Waals surface area contributed by atoms with Crippen LogP contribution in [0.3, 0.4) is 0 Å². The number of hydrogen-bond acceptors (Lipinski definition) is 3. The minimum absolute atomic E-state index is 0.131. The molecule has 0 saturated heterocycles. The number of carboxylic acids is 1. The molecule has 1 aromatic carbocycles. The topological polar surface area (TPSA) is 63.6 Å². The highest BCUT2D eigenvalue weighted by molar-refractivity contribution is 5.77.